The number of rotatable bonds is 5. The molecule has 2 aromatic carbocycles. The van der Waals surface area contributed by atoms with Crippen molar-refractivity contribution in [2.24, 2.45) is 5.73 Å². The monoisotopic (exact) mass is 419 g/mol. The van der Waals surface area contributed by atoms with Crippen LogP contribution in [0.25, 0.3) is 0 Å². The van der Waals surface area contributed by atoms with Gasteiger partial charge in [0.2, 0.25) is 17.4 Å². The second-order valence-electron chi connectivity index (χ2n) is 5.42. The van der Waals surface area contributed by atoms with Gasteiger partial charge in [0.05, 0.1) is 13.8 Å². The van der Waals surface area contributed by atoms with Crippen LogP contribution in [0.2, 0.25) is 0 Å². The van der Waals surface area contributed by atoms with Crippen LogP contribution in [0.15, 0.2) is 66.1 Å². The Labute approximate surface area is 166 Å². The first-order valence-corrected chi connectivity index (χ1v) is 8.96. The van der Waals surface area contributed by atoms with E-state index < -0.39 is 92.5 Å². The fourth-order valence-corrected chi connectivity index (χ4v) is 3.15. The third-order valence-electron chi connectivity index (χ3n) is 3.41. The summed E-state index contributed by atoms with van der Waals surface area (Å²) in [4.78, 5) is 12.7. The van der Waals surface area contributed by atoms with Gasteiger partial charge in [0.15, 0.2) is 6.08 Å². The fraction of sp³-hybridized carbons (Fsp3) is 0.167. The normalized spacial score (nSPS) is 23.2. The van der Waals surface area contributed by atoms with E-state index in [2.05, 4.69) is 4.18 Å². The van der Waals surface area contributed by atoms with E-state index in [1.165, 1.54) is 0 Å². The highest BCUT2D eigenvalue weighted by molar-refractivity contribution is 7.86. The van der Waals surface area contributed by atoms with E-state index in [9.17, 15) is 26.4 Å². The van der Waals surface area contributed by atoms with Gasteiger partial charge in [-0.25, -0.2) is 0 Å². The van der Waals surface area contributed by atoms with Gasteiger partial charge in [-0.1, -0.05) is 42.3 Å². The second-order valence-corrected chi connectivity index (χ2v) is 6.99. The van der Waals surface area contributed by atoms with E-state index in [0.29, 0.717) is 12.1 Å². The molecule has 3 rings (SSSR count). The molecule has 1 heterocycles. The zero-order chi connectivity index (χ0) is 25.8. The maximum Gasteiger partial charge on any atom is 0.416 e. The Balaban J connectivity index is 1.89. The van der Waals surface area contributed by atoms with Gasteiger partial charge in [-0.3, -0.25) is 4.79 Å². The second kappa shape index (κ2) is 7.19. The molecule has 6 nitrogen and oxygen atoms in total. The summed E-state index contributed by atoms with van der Waals surface area (Å²) in [5.41, 5.74) is 3.40. The number of hydrogen-bond acceptors (Lipinski definition) is 6. The molecule has 2 aromatic rings. The lowest BCUT2D eigenvalue weighted by Crippen LogP contribution is -2.16. The topological polar surface area (TPSA) is 95.7 Å². The van der Waals surface area contributed by atoms with E-state index in [0.717, 1.165) is 12.1 Å². The lowest BCUT2D eigenvalue weighted by Gasteiger charge is -2.12. The average molecular weight is 419 g/mol. The summed E-state index contributed by atoms with van der Waals surface area (Å²) in [7, 11) is -4.87. The van der Waals surface area contributed by atoms with E-state index >= 15 is 0 Å². The standard InChI is InChI=1S/C18H14F3NO5S/c19-18(20,21)13-8-6-12(7-9-13)15-14(23)16(17(22)26-15)27-28(24,25)10-11-4-2-1-3-5-11/h1-9,15H,10,22H2/t15-/m0/s1/i1D,2D,3D,4D,5D,15D. The van der Waals surface area contributed by atoms with Crippen LogP contribution >= 0.6 is 0 Å². The van der Waals surface area contributed by atoms with Crippen LogP contribution in [0.3, 0.4) is 0 Å². The predicted molar refractivity (Wildman–Crippen MR) is 91.6 cm³/mol. The van der Waals surface area contributed by atoms with Gasteiger partial charge in [0, 0.05) is 5.56 Å². The lowest BCUT2D eigenvalue weighted by molar-refractivity contribution is -0.137. The molecule has 0 aromatic heterocycles. The van der Waals surface area contributed by atoms with Crippen LogP contribution in [0.4, 0.5) is 13.2 Å². The van der Waals surface area contributed by atoms with E-state index in [-0.39, 0.29) is 0 Å². The first-order valence-electron chi connectivity index (χ1n) is 10.4. The summed E-state index contributed by atoms with van der Waals surface area (Å²) < 4.78 is 119. The number of benzene rings is 2. The smallest absolute Gasteiger partial charge is 0.416 e. The van der Waals surface area contributed by atoms with Crippen molar-refractivity contribution in [2.75, 3.05) is 0 Å². The van der Waals surface area contributed by atoms with E-state index in [4.69, 9.17) is 18.7 Å². The zero-order valence-electron chi connectivity index (χ0n) is 19.7. The molecule has 0 unspecified atom stereocenters. The largest absolute Gasteiger partial charge is 0.460 e. The molecule has 0 saturated carbocycles. The third-order valence-corrected chi connectivity index (χ3v) is 4.47. The van der Waals surface area contributed by atoms with Crippen molar-refractivity contribution in [2.45, 2.75) is 18.0 Å². The summed E-state index contributed by atoms with van der Waals surface area (Å²) in [5, 5.41) is 0. The Morgan fingerprint density at radius 3 is 2.36 bits per heavy atom. The highest BCUT2D eigenvalue weighted by Crippen LogP contribution is 2.35. The maximum atomic E-state index is 12.8. The van der Waals surface area contributed by atoms with Crippen LogP contribution in [0, 0.1) is 0 Å². The van der Waals surface area contributed by atoms with Crippen molar-refractivity contribution in [3.8, 4) is 0 Å². The maximum absolute atomic E-state index is 12.8. The molecule has 0 radical (unpaired) electrons. The summed E-state index contributed by atoms with van der Waals surface area (Å²) in [6.07, 6.45) is -7.42. The van der Waals surface area contributed by atoms with Crippen LogP contribution in [0.5, 0.6) is 0 Å². The number of Topliss-reactive ketones (excluding diaryl/α,β-unsaturated/α-hetero) is 1. The molecule has 10 heteroatoms. The Morgan fingerprint density at radius 1 is 1.18 bits per heavy atom. The highest BCUT2D eigenvalue weighted by atomic mass is 32.2. The number of halogens is 3. The molecule has 1 aliphatic heterocycles. The minimum Gasteiger partial charge on any atom is -0.460 e. The van der Waals surface area contributed by atoms with Crippen LogP contribution in [-0.4, -0.2) is 14.2 Å². The number of ketones is 1. The quantitative estimate of drug-likeness (QED) is 0.749. The summed E-state index contributed by atoms with van der Waals surface area (Å²) in [5.74, 6) is -4.76. The fourth-order valence-electron chi connectivity index (χ4n) is 2.18. The summed E-state index contributed by atoms with van der Waals surface area (Å²) in [6, 6.07) is -1.22. The van der Waals surface area contributed by atoms with Crippen LogP contribution in [0.1, 0.15) is 31.0 Å². The van der Waals surface area contributed by atoms with Crippen LogP contribution < -0.4 is 5.73 Å². The Bertz CT molecular complexity index is 1300. The molecule has 0 amide bonds. The molecule has 0 bridgehead atoms. The molecule has 2 N–H and O–H groups in total. The molecule has 1 atom stereocenters. The van der Waals surface area contributed by atoms with E-state index in [1.54, 1.807) is 0 Å². The molecule has 0 saturated heterocycles. The first-order chi connectivity index (χ1) is 15.5. The van der Waals surface area contributed by atoms with Crippen LogP contribution in [-0.2, 0) is 35.8 Å². The third kappa shape index (κ3) is 4.28. The van der Waals surface area contributed by atoms with Crippen molar-refractivity contribution in [1.82, 2.24) is 0 Å². The SMILES string of the molecule is [2H]c1c([2H])c([2H])c(CS(=O)(=O)OC2=C(N)O[C@@]([2H])(c3ccc(C(F)(F)F)cc3)C2=O)c([2H])c1[2H]. The Kier molecular flexibility index (Phi) is 3.39. The number of nitrogens with two attached hydrogens (primary N) is 1. The minimum absolute atomic E-state index is 0.393. The molecule has 148 valence electrons. The van der Waals surface area contributed by atoms with Crippen molar-refractivity contribution in [1.29, 1.82) is 0 Å². The number of alkyl halides is 3. The summed E-state index contributed by atoms with van der Waals surface area (Å²) in [6.45, 7) is 0. The van der Waals surface area contributed by atoms with Gasteiger partial charge >= 0.3 is 16.3 Å². The molecule has 0 spiro atoms. The molecule has 1 aliphatic rings. The van der Waals surface area contributed by atoms with Crippen molar-refractivity contribution in [3.63, 3.8) is 0 Å². The highest BCUT2D eigenvalue weighted by Gasteiger charge is 2.40. The van der Waals surface area contributed by atoms with Gasteiger partial charge in [-0.2, -0.15) is 21.6 Å². The van der Waals surface area contributed by atoms with Gasteiger partial charge in [0.25, 0.3) is 0 Å². The van der Waals surface area contributed by atoms with E-state index in [1.807, 2.05) is 0 Å². The van der Waals surface area contributed by atoms with Gasteiger partial charge in [-0.15, -0.1) is 0 Å². The van der Waals surface area contributed by atoms with Gasteiger partial charge in [-0.05, 0) is 17.7 Å². The number of carbonyl (C=O) groups is 1. The van der Waals surface area contributed by atoms with Gasteiger partial charge in [0.1, 0.15) is 5.75 Å². The lowest BCUT2D eigenvalue weighted by atomic mass is 10.0. The molecule has 0 aliphatic carbocycles. The summed E-state index contributed by atoms with van der Waals surface area (Å²) >= 11 is 0. The average Bonchev–Trinajstić information content (AvgIpc) is 2.97. The number of ether oxygens (including phenoxy) is 1. The Morgan fingerprint density at radius 2 is 1.79 bits per heavy atom. The van der Waals surface area contributed by atoms with Crippen molar-refractivity contribution in [3.05, 3.63) is 82.8 Å². The van der Waals surface area contributed by atoms with Crippen molar-refractivity contribution >= 4 is 15.9 Å². The molecule has 28 heavy (non-hydrogen) atoms. The minimum atomic E-state index is -4.87. The Hall–Kier alpha value is -3.01. The molecular formula is C18H14F3NO5S. The number of carbonyl (C=O) groups excluding carboxylic acids is 1. The molecular weight excluding hydrogens is 399 g/mol. The first kappa shape index (κ1) is 13.2. The number of hydrogen-bond donors (Lipinski definition) is 1. The predicted octanol–water partition coefficient (Wildman–Crippen LogP) is 3.02. The van der Waals surface area contributed by atoms with Gasteiger partial charge < -0.3 is 14.7 Å². The zero-order valence-corrected chi connectivity index (χ0v) is 14.5. The molecule has 0 fully saturated rings. The van der Waals surface area contributed by atoms with Crippen molar-refractivity contribution < 1.29 is 43.5 Å².